The van der Waals surface area contributed by atoms with Crippen LogP contribution < -0.4 is 19.5 Å². The van der Waals surface area contributed by atoms with Gasteiger partial charge in [-0.3, -0.25) is 4.79 Å². The number of hydrogen-bond acceptors (Lipinski definition) is 7. The van der Waals surface area contributed by atoms with Crippen LogP contribution in [0.15, 0.2) is 46.2 Å². The molecule has 1 aliphatic rings. The Hall–Kier alpha value is -2.67. The second-order valence-corrected chi connectivity index (χ2v) is 11.7. The number of hydrogen-bond donors (Lipinski definition) is 2. The Morgan fingerprint density at radius 1 is 1.00 bits per heavy atom. The van der Waals surface area contributed by atoms with Crippen molar-refractivity contribution in [1.29, 1.82) is 0 Å². The van der Waals surface area contributed by atoms with Gasteiger partial charge in [0.05, 0.1) is 29.9 Å². The Morgan fingerprint density at radius 2 is 1.68 bits per heavy atom. The maximum Gasteiger partial charge on any atom is 0.243 e. The number of nitrogens with zero attached hydrogens (tertiary/aromatic N) is 1. The number of carbonyl (C=O) groups is 1. The van der Waals surface area contributed by atoms with E-state index in [9.17, 15) is 21.6 Å². The van der Waals surface area contributed by atoms with E-state index in [1.807, 2.05) is 0 Å². The van der Waals surface area contributed by atoms with Gasteiger partial charge in [0.2, 0.25) is 26.0 Å². The van der Waals surface area contributed by atoms with Gasteiger partial charge in [-0.05, 0) is 56.6 Å². The van der Waals surface area contributed by atoms with Crippen molar-refractivity contribution in [3.8, 4) is 11.5 Å². The summed E-state index contributed by atoms with van der Waals surface area (Å²) in [5.74, 6) is -0.251. The first-order valence-electron chi connectivity index (χ1n) is 10.6. The van der Waals surface area contributed by atoms with Crippen LogP contribution in [0.5, 0.6) is 11.5 Å². The van der Waals surface area contributed by atoms with Crippen molar-refractivity contribution in [2.75, 3.05) is 39.7 Å². The number of piperidine rings is 1. The lowest BCUT2D eigenvalue weighted by molar-refractivity contribution is -0.120. The first-order valence-corrected chi connectivity index (χ1v) is 13.5. The summed E-state index contributed by atoms with van der Waals surface area (Å²) in [5, 5.41) is 2.77. The van der Waals surface area contributed by atoms with Crippen LogP contribution in [0.1, 0.15) is 18.4 Å². The molecule has 0 aromatic heterocycles. The number of nitrogens with one attached hydrogen (secondary N) is 2. The molecule has 0 saturated carbocycles. The van der Waals surface area contributed by atoms with E-state index in [1.165, 1.54) is 55.9 Å². The molecule has 10 nitrogen and oxygen atoms in total. The quantitative estimate of drug-likeness (QED) is 0.554. The van der Waals surface area contributed by atoms with Crippen LogP contribution in [0.25, 0.3) is 0 Å². The van der Waals surface area contributed by atoms with E-state index in [0.717, 1.165) is 0 Å². The first kappa shape index (κ1) is 25.9. The highest BCUT2D eigenvalue weighted by atomic mass is 32.2. The zero-order chi connectivity index (χ0) is 25.1. The monoisotopic (exact) mass is 511 g/mol. The molecule has 12 heteroatoms. The molecule has 1 heterocycles. The van der Waals surface area contributed by atoms with Crippen LogP contribution >= 0.6 is 0 Å². The fraction of sp³-hybridized carbons (Fsp3) is 0.409. The molecule has 0 unspecified atom stereocenters. The molecule has 2 aromatic carbocycles. The van der Waals surface area contributed by atoms with E-state index < -0.39 is 26.0 Å². The highest BCUT2D eigenvalue weighted by molar-refractivity contribution is 7.89. The molecule has 1 amide bonds. The van der Waals surface area contributed by atoms with E-state index in [4.69, 9.17) is 9.47 Å². The predicted molar refractivity (Wildman–Crippen MR) is 127 cm³/mol. The van der Waals surface area contributed by atoms with E-state index in [1.54, 1.807) is 13.0 Å². The van der Waals surface area contributed by atoms with Crippen molar-refractivity contribution in [2.24, 2.45) is 5.92 Å². The molecule has 186 valence electrons. The number of aryl methyl sites for hydroxylation is 1. The molecule has 0 bridgehead atoms. The summed E-state index contributed by atoms with van der Waals surface area (Å²) in [6.07, 6.45) is 1.02. The highest BCUT2D eigenvalue weighted by Gasteiger charge is 2.34. The Labute approximate surface area is 200 Å². The molecule has 1 fully saturated rings. The van der Waals surface area contributed by atoms with Crippen LogP contribution in [0.2, 0.25) is 0 Å². The van der Waals surface area contributed by atoms with Crippen LogP contribution in [0.3, 0.4) is 0 Å². The molecule has 0 spiro atoms. The number of methoxy groups -OCH3 is 2. The number of carbonyl (C=O) groups excluding carboxylic acids is 1. The molecular weight excluding hydrogens is 482 g/mol. The lowest BCUT2D eigenvalue weighted by Gasteiger charge is -2.31. The molecule has 1 atom stereocenters. The highest BCUT2D eigenvalue weighted by Crippen LogP contribution is 2.32. The van der Waals surface area contributed by atoms with Gasteiger partial charge in [-0.15, -0.1) is 0 Å². The van der Waals surface area contributed by atoms with Gasteiger partial charge in [0.15, 0.2) is 11.5 Å². The van der Waals surface area contributed by atoms with Gasteiger partial charge in [0.1, 0.15) is 0 Å². The van der Waals surface area contributed by atoms with E-state index in [2.05, 4.69) is 10.0 Å². The van der Waals surface area contributed by atoms with Gasteiger partial charge in [-0.2, -0.15) is 4.31 Å². The van der Waals surface area contributed by atoms with Crippen molar-refractivity contribution in [3.63, 3.8) is 0 Å². The summed E-state index contributed by atoms with van der Waals surface area (Å²) in [5.41, 5.74) is 1.05. The number of amides is 1. The van der Waals surface area contributed by atoms with Crippen LogP contribution in [-0.4, -0.2) is 61.4 Å². The predicted octanol–water partition coefficient (Wildman–Crippen LogP) is 1.96. The summed E-state index contributed by atoms with van der Waals surface area (Å²) in [6, 6.07) is 8.81. The minimum absolute atomic E-state index is 0.00998. The number of benzene rings is 2. The minimum Gasteiger partial charge on any atom is -0.493 e. The van der Waals surface area contributed by atoms with Crippen molar-refractivity contribution in [3.05, 3.63) is 42.0 Å². The Morgan fingerprint density at radius 3 is 2.32 bits per heavy atom. The van der Waals surface area contributed by atoms with E-state index in [0.29, 0.717) is 35.6 Å². The Kier molecular flexibility index (Phi) is 7.86. The maximum atomic E-state index is 13.2. The average molecular weight is 512 g/mol. The number of sulfonamides is 2. The maximum absolute atomic E-state index is 13.2. The number of anilines is 1. The molecule has 0 aliphatic carbocycles. The summed E-state index contributed by atoms with van der Waals surface area (Å²) >= 11 is 0. The number of ether oxygens (including phenoxy) is 2. The lowest BCUT2D eigenvalue weighted by Crippen LogP contribution is -2.43. The molecule has 1 aliphatic heterocycles. The van der Waals surface area contributed by atoms with Gasteiger partial charge in [-0.25, -0.2) is 21.6 Å². The Balaban J connectivity index is 1.80. The molecule has 2 aromatic rings. The summed E-state index contributed by atoms with van der Waals surface area (Å²) in [6.45, 7) is 2.05. The summed E-state index contributed by atoms with van der Waals surface area (Å²) in [4.78, 5) is 13.1. The van der Waals surface area contributed by atoms with Crippen LogP contribution in [0, 0.1) is 12.8 Å². The summed E-state index contributed by atoms with van der Waals surface area (Å²) < 4.78 is 64.6. The molecule has 1 saturated heterocycles. The molecule has 0 radical (unpaired) electrons. The molecule has 3 rings (SSSR count). The fourth-order valence-corrected chi connectivity index (χ4v) is 6.05. The average Bonchev–Trinajstić information content (AvgIpc) is 2.84. The van der Waals surface area contributed by atoms with Crippen molar-refractivity contribution in [1.82, 2.24) is 9.03 Å². The van der Waals surface area contributed by atoms with Gasteiger partial charge in [0.25, 0.3) is 0 Å². The van der Waals surface area contributed by atoms with E-state index in [-0.39, 0.29) is 28.8 Å². The zero-order valence-electron chi connectivity index (χ0n) is 19.5. The van der Waals surface area contributed by atoms with Crippen LogP contribution in [0.4, 0.5) is 5.69 Å². The third-order valence-corrected chi connectivity index (χ3v) is 9.07. The second kappa shape index (κ2) is 10.3. The van der Waals surface area contributed by atoms with Crippen LogP contribution in [-0.2, 0) is 24.8 Å². The molecule has 2 N–H and O–H groups in total. The van der Waals surface area contributed by atoms with Gasteiger partial charge >= 0.3 is 0 Å². The van der Waals surface area contributed by atoms with Crippen molar-refractivity contribution < 1.29 is 31.1 Å². The first-order chi connectivity index (χ1) is 16.0. The third kappa shape index (κ3) is 5.35. The van der Waals surface area contributed by atoms with Gasteiger partial charge in [-0.1, -0.05) is 6.07 Å². The lowest BCUT2D eigenvalue weighted by atomic mass is 9.98. The van der Waals surface area contributed by atoms with Crippen molar-refractivity contribution in [2.45, 2.75) is 29.6 Å². The minimum atomic E-state index is -3.87. The fourth-order valence-electron chi connectivity index (χ4n) is 3.76. The zero-order valence-corrected chi connectivity index (χ0v) is 21.1. The molecular formula is C22H29N3O7S2. The van der Waals surface area contributed by atoms with Crippen molar-refractivity contribution >= 4 is 31.6 Å². The summed E-state index contributed by atoms with van der Waals surface area (Å²) in [7, 11) is -3.34. The van der Waals surface area contributed by atoms with Gasteiger partial charge in [0, 0.05) is 24.8 Å². The largest absolute Gasteiger partial charge is 0.493 e. The standard InChI is InChI=1S/C22H29N3O7S2/c1-15-7-8-17(33(27,28)23-2)12-19(15)24-22(26)16-6-5-11-25(14-16)34(29,30)18-9-10-20(31-3)21(13-18)32-4/h7-10,12-13,16,23H,5-6,11,14H2,1-4H3,(H,24,26)/t16-/m0/s1. The normalized spacial score (nSPS) is 17.2. The topological polar surface area (TPSA) is 131 Å². The Bertz CT molecular complexity index is 1280. The van der Waals surface area contributed by atoms with E-state index >= 15 is 0 Å². The smallest absolute Gasteiger partial charge is 0.243 e. The SMILES string of the molecule is CNS(=O)(=O)c1ccc(C)c(NC(=O)[C@H]2CCCN(S(=O)(=O)c3ccc(OC)c(OC)c3)C2)c1. The van der Waals surface area contributed by atoms with Gasteiger partial charge < -0.3 is 14.8 Å². The second-order valence-electron chi connectivity index (χ2n) is 7.89. The number of rotatable bonds is 8. The molecule has 34 heavy (non-hydrogen) atoms. The third-order valence-electron chi connectivity index (χ3n) is 5.79.